The molecule has 2 N–H and O–H groups in total. The third kappa shape index (κ3) is 4.86. The maximum absolute atomic E-state index is 12.5. The van der Waals surface area contributed by atoms with Crippen molar-refractivity contribution in [2.75, 3.05) is 0 Å². The minimum Gasteiger partial charge on any atom is -0.481 e. The molecule has 0 saturated carbocycles. The lowest BCUT2D eigenvalue weighted by molar-refractivity contribution is -0.167. The molecule has 1 atom stereocenters. The van der Waals surface area contributed by atoms with Crippen molar-refractivity contribution < 1.29 is 23.1 Å². The molecular weight excluding hydrogens is 235 g/mol. The number of hydrogen-bond acceptors (Lipinski definition) is 2. The van der Waals surface area contributed by atoms with Gasteiger partial charge in [-0.05, 0) is 5.56 Å². The molecule has 0 radical (unpaired) electrons. The molecule has 94 valence electrons. The van der Waals surface area contributed by atoms with Crippen LogP contribution in [0.15, 0.2) is 30.3 Å². The predicted octanol–water partition coefficient (Wildman–Crippen LogP) is 2.18. The number of carbonyl (C=O) groups is 1. The Balaban J connectivity index is 2.59. The summed E-state index contributed by atoms with van der Waals surface area (Å²) in [6.45, 7) is -0.0156. The Morgan fingerprint density at radius 3 is 2.35 bits per heavy atom. The molecule has 0 aromatic heterocycles. The zero-order chi connectivity index (χ0) is 12.9. The van der Waals surface area contributed by atoms with Crippen molar-refractivity contribution in [2.45, 2.75) is 25.2 Å². The summed E-state index contributed by atoms with van der Waals surface area (Å²) in [7, 11) is 0. The molecule has 17 heavy (non-hydrogen) atoms. The van der Waals surface area contributed by atoms with Gasteiger partial charge in [0.25, 0.3) is 0 Å². The van der Waals surface area contributed by atoms with Crippen molar-refractivity contribution in [2.24, 2.45) is 0 Å². The van der Waals surface area contributed by atoms with Crippen molar-refractivity contribution in [1.29, 1.82) is 0 Å². The van der Waals surface area contributed by atoms with Gasteiger partial charge in [0.2, 0.25) is 0 Å². The smallest absolute Gasteiger partial charge is 0.404 e. The molecule has 0 fully saturated rings. The summed E-state index contributed by atoms with van der Waals surface area (Å²) in [5, 5.41) is 10.6. The number of aliphatic carboxylic acids is 1. The van der Waals surface area contributed by atoms with Gasteiger partial charge in [0.1, 0.15) is 6.04 Å². The van der Waals surface area contributed by atoms with Gasteiger partial charge in [0.15, 0.2) is 0 Å². The molecule has 0 amide bonds. The minimum absolute atomic E-state index is 0.0156. The van der Waals surface area contributed by atoms with Crippen LogP contribution in [0.3, 0.4) is 0 Å². The van der Waals surface area contributed by atoms with Crippen LogP contribution in [0, 0.1) is 0 Å². The van der Waals surface area contributed by atoms with Crippen LogP contribution in [0.4, 0.5) is 13.2 Å². The van der Waals surface area contributed by atoms with E-state index < -0.39 is 24.6 Å². The Hall–Kier alpha value is -1.56. The molecule has 1 aromatic rings. The van der Waals surface area contributed by atoms with Crippen LogP contribution in [-0.4, -0.2) is 23.3 Å². The van der Waals surface area contributed by atoms with Crippen LogP contribution in [0.5, 0.6) is 0 Å². The maximum atomic E-state index is 12.5. The number of carboxylic acids is 1. The van der Waals surface area contributed by atoms with Gasteiger partial charge < -0.3 is 10.4 Å². The first-order valence-electron chi connectivity index (χ1n) is 4.95. The Morgan fingerprint density at radius 1 is 1.29 bits per heavy atom. The predicted molar refractivity (Wildman–Crippen MR) is 55.4 cm³/mol. The molecule has 0 aliphatic carbocycles. The fourth-order valence-electron chi connectivity index (χ4n) is 1.32. The van der Waals surface area contributed by atoms with E-state index in [2.05, 4.69) is 5.32 Å². The first-order chi connectivity index (χ1) is 7.89. The third-order valence-corrected chi connectivity index (χ3v) is 2.17. The number of halogens is 3. The van der Waals surface area contributed by atoms with Gasteiger partial charge in [-0.2, -0.15) is 13.2 Å². The van der Waals surface area contributed by atoms with E-state index >= 15 is 0 Å². The molecular formula is C11H12F3NO2. The largest absolute Gasteiger partial charge is 0.481 e. The van der Waals surface area contributed by atoms with E-state index in [-0.39, 0.29) is 6.54 Å². The zero-order valence-corrected chi connectivity index (χ0v) is 8.87. The summed E-state index contributed by atoms with van der Waals surface area (Å²) >= 11 is 0. The summed E-state index contributed by atoms with van der Waals surface area (Å²) < 4.78 is 37.4. The van der Waals surface area contributed by atoms with E-state index in [1.807, 2.05) is 0 Å². The summed E-state index contributed by atoms with van der Waals surface area (Å²) in [6, 6.07) is 6.47. The number of hydrogen-bond donors (Lipinski definition) is 2. The molecule has 1 rings (SSSR count). The van der Waals surface area contributed by atoms with Crippen molar-refractivity contribution >= 4 is 5.97 Å². The van der Waals surface area contributed by atoms with Gasteiger partial charge in [-0.3, -0.25) is 4.79 Å². The summed E-state index contributed by atoms with van der Waals surface area (Å²) in [4.78, 5) is 10.3. The van der Waals surface area contributed by atoms with Gasteiger partial charge in [-0.15, -0.1) is 0 Å². The molecule has 1 aromatic carbocycles. The zero-order valence-electron chi connectivity index (χ0n) is 8.87. The lowest BCUT2D eigenvalue weighted by Crippen LogP contribution is -2.43. The lowest BCUT2D eigenvalue weighted by atomic mass is 10.1. The summed E-state index contributed by atoms with van der Waals surface area (Å²) in [6.07, 6.45) is -5.54. The van der Waals surface area contributed by atoms with E-state index in [1.165, 1.54) is 0 Å². The molecule has 0 heterocycles. The van der Waals surface area contributed by atoms with Gasteiger partial charge in [-0.1, -0.05) is 30.3 Å². The average molecular weight is 247 g/mol. The number of benzene rings is 1. The number of rotatable bonds is 5. The van der Waals surface area contributed by atoms with E-state index in [4.69, 9.17) is 5.11 Å². The first kappa shape index (κ1) is 13.5. The standard InChI is InChI=1S/C11H12F3NO2/c12-11(13,14)9(6-10(16)17)15-7-8-4-2-1-3-5-8/h1-5,9,15H,6-7H2,(H,16,17). The fraction of sp³-hybridized carbons (Fsp3) is 0.364. The summed E-state index contributed by atoms with van der Waals surface area (Å²) in [5.74, 6) is -1.48. The van der Waals surface area contributed by atoms with Crippen LogP contribution in [0.2, 0.25) is 0 Å². The van der Waals surface area contributed by atoms with Gasteiger partial charge in [0.05, 0.1) is 6.42 Å². The van der Waals surface area contributed by atoms with Gasteiger partial charge >= 0.3 is 12.1 Å². The minimum atomic E-state index is -4.56. The molecule has 0 saturated heterocycles. The van der Waals surface area contributed by atoms with Crippen LogP contribution in [-0.2, 0) is 11.3 Å². The second-order valence-electron chi connectivity index (χ2n) is 3.56. The molecule has 0 aliphatic heterocycles. The average Bonchev–Trinajstić information content (AvgIpc) is 2.23. The Morgan fingerprint density at radius 2 is 1.88 bits per heavy atom. The van der Waals surface area contributed by atoms with Crippen LogP contribution < -0.4 is 5.32 Å². The molecule has 6 heteroatoms. The normalized spacial score (nSPS) is 13.4. The van der Waals surface area contributed by atoms with Crippen molar-refractivity contribution in [1.82, 2.24) is 5.32 Å². The second-order valence-corrected chi connectivity index (χ2v) is 3.56. The molecule has 1 unspecified atom stereocenters. The first-order valence-corrected chi connectivity index (χ1v) is 4.95. The highest BCUT2D eigenvalue weighted by Gasteiger charge is 2.40. The van der Waals surface area contributed by atoms with E-state index in [9.17, 15) is 18.0 Å². The van der Waals surface area contributed by atoms with Gasteiger partial charge in [-0.25, -0.2) is 0 Å². The highest BCUT2D eigenvalue weighted by molar-refractivity contribution is 5.67. The Bertz CT molecular complexity index is 365. The Labute approximate surface area is 96.3 Å². The summed E-state index contributed by atoms with van der Waals surface area (Å²) in [5.41, 5.74) is 0.673. The van der Waals surface area contributed by atoms with Crippen molar-refractivity contribution in [3.63, 3.8) is 0 Å². The number of carboxylic acid groups (broad SMARTS) is 1. The van der Waals surface area contributed by atoms with Gasteiger partial charge in [0, 0.05) is 6.54 Å². The number of alkyl halides is 3. The van der Waals surface area contributed by atoms with E-state index in [1.54, 1.807) is 30.3 Å². The van der Waals surface area contributed by atoms with E-state index in [0.29, 0.717) is 5.56 Å². The topological polar surface area (TPSA) is 49.3 Å². The second kappa shape index (κ2) is 5.67. The van der Waals surface area contributed by atoms with Crippen LogP contribution in [0.1, 0.15) is 12.0 Å². The molecule has 0 spiro atoms. The molecule has 0 bridgehead atoms. The quantitative estimate of drug-likeness (QED) is 0.838. The van der Waals surface area contributed by atoms with Crippen molar-refractivity contribution in [3.8, 4) is 0 Å². The highest BCUT2D eigenvalue weighted by Crippen LogP contribution is 2.22. The molecule has 0 aliphatic rings. The SMILES string of the molecule is O=C(O)CC(NCc1ccccc1)C(F)(F)F. The monoisotopic (exact) mass is 247 g/mol. The van der Waals surface area contributed by atoms with Crippen LogP contribution >= 0.6 is 0 Å². The van der Waals surface area contributed by atoms with Crippen LogP contribution in [0.25, 0.3) is 0 Å². The molecule has 3 nitrogen and oxygen atoms in total. The van der Waals surface area contributed by atoms with Crippen molar-refractivity contribution in [3.05, 3.63) is 35.9 Å². The maximum Gasteiger partial charge on any atom is 0.404 e. The number of nitrogens with one attached hydrogen (secondary N) is 1. The third-order valence-electron chi connectivity index (χ3n) is 2.17. The fourth-order valence-corrected chi connectivity index (χ4v) is 1.32. The lowest BCUT2D eigenvalue weighted by Gasteiger charge is -2.19. The Kier molecular flexibility index (Phi) is 4.51. The highest BCUT2D eigenvalue weighted by atomic mass is 19.4. The van der Waals surface area contributed by atoms with E-state index in [0.717, 1.165) is 0 Å².